The first-order valence-electron chi connectivity index (χ1n) is 6.24. The van der Waals surface area contributed by atoms with Crippen molar-refractivity contribution in [3.05, 3.63) is 35.9 Å². The summed E-state index contributed by atoms with van der Waals surface area (Å²) in [6.45, 7) is 5.21. The number of nitrogens with one attached hydrogen (secondary N) is 1. The molecule has 0 radical (unpaired) electrons. The minimum absolute atomic E-state index is 0.609. The topological polar surface area (TPSA) is 48.7 Å². The molecule has 1 aromatic carbocycles. The van der Waals surface area contributed by atoms with Gasteiger partial charge in [0.2, 0.25) is 0 Å². The molecule has 18 heavy (non-hydrogen) atoms. The van der Waals surface area contributed by atoms with Gasteiger partial charge >= 0.3 is 0 Å². The Hall–Kier alpha value is -2.08. The molecule has 2 aromatic rings. The van der Waals surface area contributed by atoms with E-state index in [0.29, 0.717) is 17.3 Å². The summed E-state index contributed by atoms with van der Waals surface area (Å²) in [6.07, 6.45) is 1.07. The normalized spacial score (nSPS) is 10.6. The molecule has 0 bridgehead atoms. The molecule has 92 valence electrons. The van der Waals surface area contributed by atoms with Crippen molar-refractivity contribution in [1.82, 2.24) is 4.98 Å². The van der Waals surface area contributed by atoms with Crippen LogP contribution in [-0.4, -0.2) is 11.5 Å². The summed E-state index contributed by atoms with van der Waals surface area (Å²) < 4.78 is 0. The SMILES string of the molecule is CC(C)CCNc1nc2ccccc2cc1C#N. The molecule has 0 saturated carbocycles. The van der Waals surface area contributed by atoms with E-state index < -0.39 is 0 Å². The number of para-hydroxylation sites is 1. The van der Waals surface area contributed by atoms with Crippen molar-refractivity contribution in [3.8, 4) is 6.07 Å². The van der Waals surface area contributed by atoms with Crippen LogP contribution in [-0.2, 0) is 0 Å². The number of benzene rings is 1. The fourth-order valence-corrected chi connectivity index (χ4v) is 1.82. The van der Waals surface area contributed by atoms with Gasteiger partial charge in [-0.1, -0.05) is 32.0 Å². The van der Waals surface area contributed by atoms with Crippen LogP contribution in [0.4, 0.5) is 5.82 Å². The van der Waals surface area contributed by atoms with Crippen LogP contribution >= 0.6 is 0 Å². The van der Waals surface area contributed by atoms with Crippen molar-refractivity contribution in [2.24, 2.45) is 5.92 Å². The Labute approximate surface area is 107 Å². The minimum Gasteiger partial charge on any atom is -0.369 e. The van der Waals surface area contributed by atoms with Crippen LogP contribution in [0, 0.1) is 17.2 Å². The quantitative estimate of drug-likeness (QED) is 0.887. The third kappa shape index (κ3) is 2.78. The van der Waals surface area contributed by atoms with Crippen LogP contribution in [0.2, 0.25) is 0 Å². The maximum atomic E-state index is 9.16. The smallest absolute Gasteiger partial charge is 0.144 e. The Bertz CT molecular complexity index is 582. The average Bonchev–Trinajstić information content (AvgIpc) is 2.37. The van der Waals surface area contributed by atoms with E-state index in [1.54, 1.807) is 0 Å². The van der Waals surface area contributed by atoms with Gasteiger partial charge in [0.1, 0.15) is 11.9 Å². The van der Waals surface area contributed by atoms with Crippen molar-refractivity contribution in [3.63, 3.8) is 0 Å². The van der Waals surface area contributed by atoms with Crippen LogP contribution in [0.5, 0.6) is 0 Å². The largest absolute Gasteiger partial charge is 0.369 e. The van der Waals surface area contributed by atoms with Crippen molar-refractivity contribution >= 4 is 16.7 Å². The van der Waals surface area contributed by atoms with Crippen molar-refractivity contribution in [2.45, 2.75) is 20.3 Å². The summed E-state index contributed by atoms with van der Waals surface area (Å²) in [7, 11) is 0. The molecular weight excluding hydrogens is 222 g/mol. The van der Waals surface area contributed by atoms with Gasteiger partial charge in [-0.15, -0.1) is 0 Å². The standard InChI is InChI=1S/C15H17N3/c1-11(2)7-8-17-15-13(10-16)9-12-5-3-4-6-14(12)18-15/h3-6,9,11H,7-8H2,1-2H3,(H,17,18). The van der Waals surface area contributed by atoms with E-state index in [9.17, 15) is 0 Å². The van der Waals surface area contributed by atoms with Crippen LogP contribution < -0.4 is 5.32 Å². The predicted molar refractivity (Wildman–Crippen MR) is 74.4 cm³/mol. The zero-order valence-corrected chi connectivity index (χ0v) is 10.8. The maximum absolute atomic E-state index is 9.16. The molecule has 0 spiro atoms. The number of pyridine rings is 1. The van der Waals surface area contributed by atoms with E-state index in [2.05, 4.69) is 30.2 Å². The number of nitriles is 1. The molecule has 0 unspecified atom stereocenters. The molecular formula is C15H17N3. The number of fused-ring (bicyclic) bond motifs is 1. The number of anilines is 1. The molecule has 0 aliphatic rings. The lowest BCUT2D eigenvalue weighted by Gasteiger charge is -2.10. The van der Waals surface area contributed by atoms with Crippen molar-refractivity contribution in [1.29, 1.82) is 5.26 Å². The summed E-state index contributed by atoms with van der Waals surface area (Å²) in [6, 6.07) is 11.9. The van der Waals surface area contributed by atoms with Gasteiger partial charge in [-0.05, 0) is 24.5 Å². The molecule has 0 aliphatic carbocycles. The minimum atomic E-state index is 0.609. The van der Waals surface area contributed by atoms with Crippen molar-refractivity contribution < 1.29 is 0 Å². The van der Waals surface area contributed by atoms with Gasteiger partial charge in [0.05, 0.1) is 11.1 Å². The van der Waals surface area contributed by atoms with E-state index in [0.717, 1.165) is 23.9 Å². The number of hydrogen-bond acceptors (Lipinski definition) is 3. The Balaban J connectivity index is 2.28. The Morgan fingerprint density at radius 1 is 1.33 bits per heavy atom. The highest BCUT2D eigenvalue weighted by molar-refractivity contribution is 5.82. The predicted octanol–water partition coefficient (Wildman–Crippen LogP) is 3.56. The number of aromatic nitrogens is 1. The van der Waals surface area contributed by atoms with Gasteiger partial charge in [-0.25, -0.2) is 4.98 Å². The Morgan fingerprint density at radius 2 is 2.11 bits per heavy atom. The molecule has 3 nitrogen and oxygen atoms in total. The third-order valence-electron chi connectivity index (χ3n) is 2.86. The zero-order chi connectivity index (χ0) is 13.0. The molecule has 1 N–H and O–H groups in total. The highest BCUT2D eigenvalue weighted by Gasteiger charge is 2.06. The van der Waals surface area contributed by atoms with E-state index in [1.807, 2.05) is 30.3 Å². The zero-order valence-electron chi connectivity index (χ0n) is 10.8. The maximum Gasteiger partial charge on any atom is 0.144 e. The summed E-state index contributed by atoms with van der Waals surface area (Å²) in [5, 5.41) is 13.4. The number of rotatable bonds is 4. The van der Waals surface area contributed by atoms with Crippen LogP contribution in [0.3, 0.4) is 0 Å². The second-order valence-electron chi connectivity index (χ2n) is 4.80. The Kier molecular flexibility index (Phi) is 3.78. The molecule has 0 saturated heterocycles. The van der Waals surface area contributed by atoms with Crippen LogP contribution in [0.15, 0.2) is 30.3 Å². The first-order valence-corrected chi connectivity index (χ1v) is 6.24. The summed E-state index contributed by atoms with van der Waals surface area (Å²) in [5.74, 6) is 1.33. The molecule has 2 rings (SSSR count). The average molecular weight is 239 g/mol. The van der Waals surface area contributed by atoms with Gasteiger partial charge in [0.25, 0.3) is 0 Å². The van der Waals surface area contributed by atoms with Crippen molar-refractivity contribution in [2.75, 3.05) is 11.9 Å². The van der Waals surface area contributed by atoms with Gasteiger partial charge in [-0.3, -0.25) is 0 Å². The van der Waals surface area contributed by atoms with E-state index in [4.69, 9.17) is 5.26 Å². The number of hydrogen-bond donors (Lipinski definition) is 1. The highest BCUT2D eigenvalue weighted by Crippen LogP contribution is 2.19. The summed E-state index contributed by atoms with van der Waals surface area (Å²) in [5.41, 5.74) is 1.53. The third-order valence-corrected chi connectivity index (χ3v) is 2.86. The molecule has 0 aliphatic heterocycles. The second-order valence-corrected chi connectivity index (χ2v) is 4.80. The highest BCUT2D eigenvalue weighted by atomic mass is 15.0. The first-order chi connectivity index (χ1) is 8.70. The lowest BCUT2D eigenvalue weighted by molar-refractivity contribution is 0.606. The molecule has 1 aromatic heterocycles. The molecule has 0 atom stereocenters. The summed E-state index contributed by atoms with van der Waals surface area (Å²) in [4.78, 5) is 4.51. The van der Waals surface area contributed by atoms with E-state index in [1.165, 1.54) is 0 Å². The fraction of sp³-hybridized carbons (Fsp3) is 0.333. The lowest BCUT2D eigenvalue weighted by Crippen LogP contribution is -2.07. The molecule has 0 fully saturated rings. The first kappa shape index (κ1) is 12.4. The molecule has 0 amide bonds. The molecule has 1 heterocycles. The van der Waals surface area contributed by atoms with Gasteiger partial charge in [0, 0.05) is 11.9 Å². The van der Waals surface area contributed by atoms with Gasteiger partial charge in [-0.2, -0.15) is 5.26 Å². The second kappa shape index (κ2) is 5.50. The van der Waals surface area contributed by atoms with E-state index >= 15 is 0 Å². The summed E-state index contributed by atoms with van der Waals surface area (Å²) >= 11 is 0. The van der Waals surface area contributed by atoms with E-state index in [-0.39, 0.29) is 0 Å². The lowest BCUT2D eigenvalue weighted by atomic mass is 10.1. The van der Waals surface area contributed by atoms with Crippen LogP contribution in [0.25, 0.3) is 10.9 Å². The molecule has 3 heteroatoms. The monoisotopic (exact) mass is 239 g/mol. The fourth-order valence-electron chi connectivity index (χ4n) is 1.82. The Morgan fingerprint density at radius 3 is 2.83 bits per heavy atom. The van der Waals surface area contributed by atoms with Gasteiger partial charge < -0.3 is 5.32 Å². The number of nitrogens with zero attached hydrogens (tertiary/aromatic N) is 2. The van der Waals surface area contributed by atoms with Crippen LogP contribution in [0.1, 0.15) is 25.8 Å². The van der Waals surface area contributed by atoms with Gasteiger partial charge in [0.15, 0.2) is 0 Å².